The van der Waals surface area contributed by atoms with Gasteiger partial charge in [0.2, 0.25) is 0 Å². The van der Waals surface area contributed by atoms with E-state index in [0.29, 0.717) is 28.5 Å². The van der Waals surface area contributed by atoms with E-state index in [4.69, 9.17) is 21.1 Å². The van der Waals surface area contributed by atoms with Crippen molar-refractivity contribution in [1.82, 2.24) is 0 Å². The molecule has 0 atom stereocenters. The third-order valence-corrected chi connectivity index (χ3v) is 3.05. The zero-order chi connectivity index (χ0) is 14.6. The molecule has 106 valence electrons. The highest BCUT2D eigenvalue weighted by molar-refractivity contribution is 6.32. The zero-order valence-electron chi connectivity index (χ0n) is 12.2. The van der Waals surface area contributed by atoms with Crippen LogP contribution in [-0.2, 0) is 4.74 Å². The van der Waals surface area contributed by atoms with Crippen LogP contribution in [0.3, 0.4) is 0 Å². The Labute approximate surface area is 119 Å². The molecule has 0 aliphatic carbocycles. The van der Waals surface area contributed by atoms with Crippen LogP contribution in [-0.4, -0.2) is 18.7 Å². The van der Waals surface area contributed by atoms with Gasteiger partial charge in [-0.05, 0) is 51.3 Å². The first-order valence-electron chi connectivity index (χ1n) is 6.51. The van der Waals surface area contributed by atoms with Gasteiger partial charge < -0.3 is 9.47 Å². The maximum Gasteiger partial charge on any atom is 0.342 e. The van der Waals surface area contributed by atoms with Gasteiger partial charge in [-0.2, -0.15) is 0 Å². The number of carbonyl (C=O) groups is 1. The highest BCUT2D eigenvalue weighted by Gasteiger charge is 2.22. The molecule has 3 nitrogen and oxygen atoms in total. The second-order valence-corrected chi connectivity index (χ2v) is 5.21. The summed E-state index contributed by atoms with van der Waals surface area (Å²) < 4.78 is 11.0. The van der Waals surface area contributed by atoms with Crippen LogP contribution in [0.4, 0.5) is 0 Å². The molecule has 0 saturated heterocycles. The molecular formula is C15H21ClO3. The Kier molecular flexibility index (Phi) is 5.67. The number of hydrogen-bond donors (Lipinski definition) is 0. The topological polar surface area (TPSA) is 35.5 Å². The average molecular weight is 285 g/mol. The molecule has 0 N–H and O–H groups in total. The summed E-state index contributed by atoms with van der Waals surface area (Å²) in [6, 6.07) is 1.81. The number of ether oxygens (including phenoxy) is 2. The van der Waals surface area contributed by atoms with Gasteiger partial charge in [-0.3, -0.25) is 0 Å². The first kappa shape index (κ1) is 15.8. The summed E-state index contributed by atoms with van der Waals surface area (Å²) in [5.74, 6) is 0.193. The molecule has 0 aromatic heterocycles. The first-order chi connectivity index (χ1) is 8.88. The van der Waals surface area contributed by atoms with Gasteiger partial charge in [0, 0.05) is 5.02 Å². The molecule has 0 aliphatic rings. The van der Waals surface area contributed by atoms with Gasteiger partial charge in [0.05, 0.1) is 12.7 Å². The molecule has 0 spiro atoms. The monoisotopic (exact) mass is 284 g/mol. The van der Waals surface area contributed by atoms with E-state index in [1.165, 1.54) is 0 Å². The standard InChI is InChI=1S/C15H21ClO3/c1-6-7-18-14-10(4)8-12(16)11(5)13(14)15(17)19-9(2)3/h8-9H,6-7H2,1-5H3. The van der Waals surface area contributed by atoms with Crippen LogP contribution in [0.15, 0.2) is 6.07 Å². The summed E-state index contributed by atoms with van der Waals surface area (Å²) >= 11 is 6.14. The van der Waals surface area contributed by atoms with Crippen LogP contribution in [0.25, 0.3) is 0 Å². The van der Waals surface area contributed by atoms with E-state index in [2.05, 4.69) is 0 Å². The van der Waals surface area contributed by atoms with E-state index < -0.39 is 0 Å². The zero-order valence-corrected chi connectivity index (χ0v) is 12.9. The Bertz CT molecular complexity index is 467. The lowest BCUT2D eigenvalue weighted by atomic mass is 10.0. The fourth-order valence-electron chi connectivity index (χ4n) is 1.76. The second-order valence-electron chi connectivity index (χ2n) is 4.81. The Morgan fingerprint density at radius 3 is 2.53 bits per heavy atom. The van der Waals surface area contributed by atoms with Crippen LogP contribution in [0, 0.1) is 13.8 Å². The summed E-state index contributed by atoms with van der Waals surface area (Å²) in [6.07, 6.45) is 0.699. The van der Waals surface area contributed by atoms with E-state index in [1.54, 1.807) is 6.92 Å². The SMILES string of the molecule is CCCOc1c(C)cc(Cl)c(C)c1C(=O)OC(C)C. The van der Waals surface area contributed by atoms with Crippen LogP contribution in [0.5, 0.6) is 5.75 Å². The van der Waals surface area contributed by atoms with Crippen molar-refractivity contribution in [1.29, 1.82) is 0 Å². The number of rotatable bonds is 5. The van der Waals surface area contributed by atoms with Crippen LogP contribution < -0.4 is 4.74 Å². The number of hydrogen-bond acceptors (Lipinski definition) is 3. The fourth-order valence-corrected chi connectivity index (χ4v) is 2.02. The Morgan fingerprint density at radius 1 is 1.37 bits per heavy atom. The minimum atomic E-state index is -0.385. The molecule has 1 aromatic carbocycles. The molecule has 1 rings (SSSR count). The van der Waals surface area contributed by atoms with Crippen LogP contribution >= 0.6 is 11.6 Å². The molecule has 0 bridgehead atoms. The molecule has 0 unspecified atom stereocenters. The lowest BCUT2D eigenvalue weighted by Crippen LogP contribution is -2.15. The Balaban J connectivity index is 3.27. The number of esters is 1. The van der Waals surface area contributed by atoms with Gasteiger partial charge in [0.25, 0.3) is 0 Å². The minimum Gasteiger partial charge on any atom is -0.492 e. The van der Waals surface area contributed by atoms with E-state index >= 15 is 0 Å². The molecular weight excluding hydrogens is 264 g/mol. The van der Waals surface area contributed by atoms with Crippen molar-refractivity contribution in [2.75, 3.05) is 6.61 Å². The number of aryl methyl sites for hydroxylation is 1. The quantitative estimate of drug-likeness (QED) is 0.756. The third-order valence-electron chi connectivity index (χ3n) is 2.66. The largest absolute Gasteiger partial charge is 0.492 e. The van der Waals surface area contributed by atoms with Crippen molar-refractivity contribution in [3.8, 4) is 5.75 Å². The first-order valence-corrected chi connectivity index (χ1v) is 6.89. The van der Waals surface area contributed by atoms with Crippen LogP contribution in [0.1, 0.15) is 48.7 Å². The summed E-state index contributed by atoms with van der Waals surface area (Å²) in [5.41, 5.74) is 1.98. The molecule has 0 radical (unpaired) electrons. The van der Waals surface area contributed by atoms with Crippen molar-refractivity contribution in [2.45, 2.75) is 47.1 Å². The number of benzene rings is 1. The normalized spacial score (nSPS) is 10.7. The minimum absolute atomic E-state index is 0.176. The molecule has 0 amide bonds. The summed E-state index contributed by atoms with van der Waals surface area (Å²) in [4.78, 5) is 12.2. The van der Waals surface area contributed by atoms with Gasteiger partial charge in [0.1, 0.15) is 11.3 Å². The Morgan fingerprint density at radius 2 is 2.00 bits per heavy atom. The van der Waals surface area contributed by atoms with E-state index in [-0.39, 0.29) is 12.1 Å². The molecule has 0 saturated carbocycles. The smallest absolute Gasteiger partial charge is 0.342 e. The van der Waals surface area contributed by atoms with Gasteiger partial charge in [0.15, 0.2) is 0 Å². The highest BCUT2D eigenvalue weighted by atomic mass is 35.5. The molecule has 0 fully saturated rings. The summed E-state index contributed by atoms with van der Waals surface area (Å²) in [7, 11) is 0. The Hall–Kier alpha value is -1.22. The van der Waals surface area contributed by atoms with Gasteiger partial charge in [-0.25, -0.2) is 4.79 Å². The maximum absolute atomic E-state index is 12.2. The number of halogens is 1. The van der Waals surface area contributed by atoms with Gasteiger partial charge >= 0.3 is 5.97 Å². The summed E-state index contributed by atoms with van der Waals surface area (Å²) in [6.45, 7) is 9.89. The van der Waals surface area contributed by atoms with Crippen molar-refractivity contribution < 1.29 is 14.3 Å². The summed E-state index contributed by atoms with van der Waals surface area (Å²) in [5, 5.41) is 0.553. The molecule has 1 aromatic rings. The van der Waals surface area contributed by atoms with E-state index in [0.717, 1.165) is 12.0 Å². The number of carbonyl (C=O) groups excluding carboxylic acids is 1. The highest BCUT2D eigenvalue weighted by Crippen LogP contribution is 2.33. The second kappa shape index (κ2) is 6.80. The lowest BCUT2D eigenvalue weighted by molar-refractivity contribution is 0.0372. The lowest BCUT2D eigenvalue weighted by Gasteiger charge is -2.17. The third kappa shape index (κ3) is 3.87. The van der Waals surface area contributed by atoms with Gasteiger partial charge in [-0.15, -0.1) is 0 Å². The van der Waals surface area contributed by atoms with Crippen molar-refractivity contribution in [3.63, 3.8) is 0 Å². The van der Waals surface area contributed by atoms with E-state index in [1.807, 2.05) is 33.8 Å². The van der Waals surface area contributed by atoms with Crippen molar-refractivity contribution in [3.05, 3.63) is 27.8 Å². The van der Waals surface area contributed by atoms with Gasteiger partial charge in [-0.1, -0.05) is 18.5 Å². The fraction of sp³-hybridized carbons (Fsp3) is 0.533. The predicted octanol–water partition coefficient (Wildman–Crippen LogP) is 4.31. The van der Waals surface area contributed by atoms with Crippen LogP contribution in [0.2, 0.25) is 5.02 Å². The predicted molar refractivity (Wildman–Crippen MR) is 77.3 cm³/mol. The van der Waals surface area contributed by atoms with Crippen molar-refractivity contribution >= 4 is 17.6 Å². The molecule has 19 heavy (non-hydrogen) atoms. The molecule has 0 heterocycles. The molecule has 4 heteroatoms. The van der Waals surface area contributed by atoms with E-state index in [9.17, 15) is 4.79 Å². The van der Waals surface area contributed by atoms with Crippen molar-refractivity contribution in [2.24, 2.45) is 0 Å². The average Bonchev–Trinajstić information content (AvgIpc) is 2.30. The molecule has 0 aliphatic heterocycles. The maximum atomic E-state index is 12.2.